The van der Waals surface area contributed by atoms with Crippen LogP contribution in [0.5, 0.6) is 0 Å². The lowest BCUT2D eigenvalue weighted by molar-refractivity contribution is -0.0924. The summed E-state index contributed by atoms with van der Waals surface area (Å²) in [6.45, 7) is 9.81. The highest BCUT2D eigenvalue weighted by Crippen LogP contribution is 2.39. The van der Waals surface area contributed by atoms with Gasteiger partial charge in [-0.05, 0) is 52.3 Å². The number of carbonyl (C=O) groups excluding carboxylic acids is 1. The molecule has 4 nitrogen and oxygen atoms in total. The molecule has 1 unspecified atom stereocenters. The number of hydrogen-bond donors (Lipinski definition) is 1. The third-order valence-electron chi connectivity index (χ3n) is 3.76. The van der Waals surface area contributed by atoms with Crippen molar-refractivity contribution in [2.24, 2.45) is 0 Å². The van der Waals surface area contributed by atoms with Crippen LogP contribution in [0.15, 0.2) is 18.2 Å². The van der Waals surface area contributed by atoms with Gasteiger partial charge < -0.3 is 15.2 Å². The lowest BCUT2D eigenvalue weighted by Crippen LogP contribution is -2.36. The number of carbonyl (C=O) groups is 1. The molecule has 0 aromatic heterocycles. The summed E-state index contributed by atoms with van der Waals surface area (Å²) in [5, 5.41) is 0. The van der Waals surface area contributed by atoms with Crippen molar-refractivity contribution < 1.29 is 14.3 Å². The monoisotopic (exact) mass is 277 g/mol. The van der Waals surface area contributed by atoms with Crippen LogP contribution in [0.4, 0.5) is 5.69 Å². The summed E-state index contributed by atoms with van der Waals surface area (Å²) >= 11 is 0. The van der Waals surface area contributed by atoms with Gasteiger partial charge in [-0.1, -0.05) is 6.07 Å². The van der Waals surface area contributed by atoms with Crippen LogP contribution >= 0.6 is 0 Å². The molecule has 1 aliphatic rings. The van der Waals surface area contributed by atoms with E-state index in [9.17, 15) is 4.79 Å². The predicted octanol–water partition coefficient (Wildman–Crippen LogP) is 3.08. The molecule has 20 heavy (non-hydrogen) atoms. The molecule has 0 spiro atoms. The molecule has 0 bridgehead atoms. The Balaban J connectivity index is 2.14. The molecule has 0 radical (unpaired) electrons. The molecule has 1 atom stereocenters. The summed E-state index contributed by atoms with van der Waals surface area (Å²) in [5.74, 6) is -0.351. The SMILES string of the molecule is Cc1ccc(C(=O)OC2CC(C)(C)OC2(C)C)cc1N. The minimum atomic E-state index is -0.477. The van der Waals surface area contributed by atoms with Crippen LogP contribution in [0, 0.1) is 6.92 Å². The molecule has 0 saturated carbocycles. The number of esters is 1. The quantitative estimate of drug-likeness (QED) is 0.666. The number of aryl methyl sites for hydroxylation is 1. The first-order valence-corrected chi connectivity index (χ1v) is 6.88. The minimum Gasteiger partial charge on any atom is -0.456 e. The first-order valence-electron chi connectivity index (χ1n) is 6.88. The molecule has 1 saturated heterocycles. The number of hydrogen-bond acceptors (Lipinski definition) is 4. The van der Waals surface area contributed by atoms with Crippen LogP contribution in [0.25, 0.3) is 0 Å². The molecule has 1 fully saturated rings. The molecule has 2 N–H and O–H groups in total. The van der Waals surface area contributed by atoms with E-state index in [-0.39, 0.29) is 17.7 Å². The van der Waals surface area contributed by atoms with Crippen molar-refractivity contribution in [1.29, 1.82) is 0 Å². The highest BCUT2D eigenvalue weighted by atomic mass is 16.6. The van der Waals surface area contributed by atoms with E-state index in [0.717, 1.165) is 5.56 Å². The van der Waals surface area contributed by atoms with Gasteiger partial charge in [0.25, 0.3) is 0 Å². The lowest BCUT2D eigenvalue weighted by Gasteiger charge is -2.26. The van der Waals surface area contributed by atoms with E-state index in [4.69, 9.17) is 15.2 Å². The molecule has 0 amide bonds. The van der Waals surface area contributed by atoms with Crippen LogP contribution in [-0.4, -0.2) is 23.3 Å². The fourth-order valence-electron chi connectivity index (χ4n) is 2.66. The molecule has 1 aromatic carbocycles. The third kappa shape index (κ3) is 2.96. The predicted molar refractivity (Wildman–Crippen MR) is 78.7 cm³/mol. The Hall–Kier alpha value is -1.55. The van der Waals surface area contributed by atoms with E-state index in [0.29, 0.717) is 17.7 Å². The van der Waals surface area contributed by atoms with E-state index < -0.39 is 5.60 Å². The normalized spacial score (nSPS) is 23.6. The Morgan fingerprint density at radius 1 is 1.35 bits per heavy atom. The van der Waals surface area contributed by atoms with Crippen molar-refractivity contribution in [2.45, 2.75) is 58.3 Å². The molecular formula is C16H23NO3. The Morgan fingerprint density at radius 3 is 2.50 bits per heavy atom. The maximum atomic E-state index is 12.2. The van der Waals surface area contributed by atoms with Gasteiger partial charge in [0.15, 0.2) is 0 Å². The third-order valence-corrected chi connectivity index (χ3v) is 3.76. The van der Waals surface area contributed by atoms with Gasteiger partial charge in [-0.15, -0.1) is 0 Å². The standard InChI is InChI=1S/C16H23NO3/c1-10-6-7-11(8-12(10)17)14(18)19-13-9-15(2,3)20-16(13,4)5/h6-8,13H,9,17H2,1-5H3. The summed E-state index contributed by atoms with van der Waals surface area (Å²) in [5.41, 5.74) is 7.11. The molecule has 1 aromatic rings. The number of nitrogen functional groups attached to an aromatic ring is 1. The van der Waals surface area contributed by atoms with Crippen molar-refractivity contribution in [1.82, 2.24) is 0 Å². The number of ether oxygens (including phenoxy) is 2. The van der Waals surface area contributed by atoms with Crippen LogP contribution in [0.2, 0.25) is 0 Å². The Bertz CT molecular complexity index is 535. The van der Waals surface area contributed by atoms with Gasteiger partial charge in [-0.25, -0.2) is 4.79 Å². The number of nitrogens with two attached hydrogens (primary N) is 1. The van der Waals surface area contributed by atoms with Crippen molar-refractivity contribution in [3.63, 3.8) is 0 Å². The second kappa shape index (κ2) is 4.77. The lowest BCUT2D eigenvalue weighted by atomic mass is 9.97. The fraction of sp³-hybridized carbons (Fsp3) is 0.562. The second-order valence-electron chi connectivity index (χ2n) is 6.63. The number of rotatable bonds is 2. The van der Waals surface area contributed by atoms with Gasteiger partial charge in [0, 0.05) is 12.1 Å². The van der Waals surface area contributed by atoms with Gasteiger partial charge in [0.2, 0.25) is 0 Å². The summed E-state index contributed by atoms with van der Waals surface area (Å²) in [6.07, 6.45) is 0.431. The van der Waals surface area contributed by atoms with Gasteiger partial charge >= 0.3 is 5.97 Å². The summed E-state index contributed by atoms with van der Waals surface area (Å²) in [7, 11) is 0. The Labute approximate surface area is 120 Å². The van der Waals surface area contributed by atoms with Crippen molar-refractivity contribution in [2.75, 3.05) is 5.73 Å². The van der Waals surface area contributed by atoms with Crippen LogP contribution in [0.3, 0.4) is 0 Å². The van der Waals surface area contributed by atoms with Gasteiger partial charge in [0.05, 0.1) is 11.2 Å². The van der Waals surface area contributed by atoms with Crippen LogP contribution < -0.4 is 5.73 Å². The molecule has 2 rings (SSSR count). The molecule has 1 aliphatic heterocycles. The zero-order chi connectivity index (χ0) is 15.1. The van der Waals surface area contributed by atoms with Crippen molar-refractivity contribution in [3.05, 3.63) is 29.3 Å². The number of benzene rings is 1. The van der Waals surface area contributed by atoms with Gasteiger partial charge in [0.1, 0.15) is 11.7 Å². The van der Waals surface area contributed by atoms with E-state index in [1.165, 1.54) is 0 Å². The summed E-state index contributed by atoms with van der Waals surface area (Å²) in [4.78, 5) is 12.2. The Kier molecular flexibility index (Phi) is 3.54. The maximum absolute atomic E-state index is 12.2. The van der Waals surface area contributed by atoms with Crippen molar-refractivity contribution in [3.8, 4) is 0 Å². The van der Waals surface area contributed by atoms with E-state index in [1.807, 2.05) is 40.7 Å². The fourth-order valence-corrected chi connectivity index (χ4v) is 2.66. The number of anilines is 1. The summed E-state index contributed by atoms with van der Waals surface area (Å²) < 4.78 is 11.6. The van der Waals surface area contributed by atoms with Crippen LogP contribution in [0.1, 0.15) is 50.0 Å². The molecule has 0 aliphatic carbocycles. The summed E-state index contributed by atoms with van der Waals surface area (Å²) in [6, 6.07) is 5.22. The maximum Gasteiger partial charge on any atom is 0.338 e. The Morgan fingerprint density at radius 2 is 2.00 bits per heavy atom. The molecular weight excluding hydrogens is 254 g/mol. The van der Waals surface area contributed by atoms with E-state index >= 15 is 0 Å². The van der Waals surface area contributed by atoms with Crippen LogP contribution in [-0.2, 0) is 9.47 Å². The van der Waals surface area contributed by atoms with E-state index in [1.54, 1.807) is 12.1 Å². The minimum absolute atomic E-state index is 0.257. The first kappa shape index (κ1) is 14.9. The zero-order valence-electron chi connectivity index (χ0n) is 12.8. The average molecular weight is 277 g/mol. The van der Waals surface area contributed by atoms with E-state index in [2.05, 4.69) is 0 Å². The molecule has 4 heteroatoms. The molecule has 110 valence electrons. The average Bonchev–Trinajstić information content (AvgIpc) is 2.50. The first-order chi connectivity index (χ1) is 9.11. The zero-order valence-corrected chi connectivity index (χ0v) is 12.8. The largest absolute Gasteiger partial charge is 0.456 e. The smallest absolute Gasteiger partial charge is 0.338 e. The topological polar surface area (TPSA) is 61.5 Å². The molecule has 1 heterocycles. The van der Waals surface area contributed by atoms with Gasteiger partial charge in [-0.3, -0.25) is 0 Å². The highest BCUT2D eigenvalue weighted by Gasteiger charge is 2.48. The van der Waals surface area contributed by atoms with Gasteiger partial charge in [-0.2, -0.15) is 0 Å². The second-order valence-corrected chi connectivity index (χ2v) is 6.63. The highest BCUT2D eigenvalue weighted by molar-refractivity contribution is 5.90. The van der Waals surface area contributed by atoms with Crippen molar-refractivity contribution >= 4 is 11.7 Å².